The van der Waals surface area contributed by atoms with Gasteiger partial charge in [0.05, 0.1) is 0 Å². The van der Waals surface area contributed by atoms with Gasteiger partial charge in [-0.15, -0.1) is 0 Å². The summed E-state index contributed by atoms with van der Waals surface area (Å²) in [6, 6.07) is 0. The smallest absolute Gasteiger partial charge is 0.307 e. The zero-order valence-corrected chi connectivity index (χ0v) is 3.89. The van der Waals surface area contributed by atoms with Crippen LogP contribution in [0.15, 0.2) is 0 Å². The average molecular weight is 103 g/mol. The number of ether oxygens (including phenoxy) is 1. The fourth-order valence-electron chi connectivity index (χ4n) is 0.144. The largest absolute Gasteiger partial charge is 0.439 e. The maximum atomic E-state index is 9.97. The van der Waals surface area contributed by atoms with Crippen LogP contribution in [-0.4, -0.2) is 17.9 Å². The number of carbonyl (C=O) groups excluding carboxylic acids is 1. The van der Waals surface area contributed by atoms with Crippen LogP contribution >= 0.6 is 0 Å². The standard InChI is InChI=1S/C4H7O3/c1-2-4(6)7-3-5/h5H,1-3H2. The molecule has 0 saturated carbocycles. The van der Waals surface area contributed by atoms with Gasteiger partial charge in [0.15, 0.2) is 6.79 Å². The first-order valence-corrected chi connectivity index (χ1v) is 1.87. The molecule has 3 nitrogen and oxygen atoms in total. The number of carbonyl (C=O) groups is 1. The van der Waals surface area contributed by atoms with Gasteiger partial charge in [0.1, 0.15) is 0 Å². The molecular formula is C4H7O3. The van der Waals surface area contributed by atoms with E-state index in [1.165, 1.54) is 0 Å². The Hall–Kier alpha value is -0.570. The van der Waals surface area contributed by atoms with Crippen LogP contribution in [0.5, 0.6) is 0 Å². The lowest BCUT2D eigenvalue weighted by molar-refractivity contribution is -0.150. The highest BCUT2D eigenvalue weighted by molar-refractivity contribution is 5.69. The van der Waals surface area contributed by atoms with Gasteiger partial charge in [-0.05, 0) is 6.92 Å². The van der Waals surface area contributed by atoms with Crippen LogP contribution in [0.1, 0.15) is 6.42 Å². The molecule has 41 valence electrons. The predicted octanol–water partition coefficient (Wildman–Crippen LogP) is -0.296. The molecule has 0 spiro atoms. The van der Waals surface area contributed by atoms with E-state index in [4.69, 9.17) is 5.11 Å². The highest BCUT2D eigenvalue weighted by Gasteiger charge is 1.92. The molecule has 0 unspecified atom stereocenters. The maximum absolute atomic E-state index is 9.97. The summed E-state index contributed by atoms with van der Waals surface area (Å²) in [6.07, 6.45) is 0.0700. The third-order valence-electron chi connectivity index (χ3n) is 0.430. The normalized spacial score (nSPS) is 8.29. The molecule has 0 fully saturated rings. The summed E-state index contributed by atoms with van der Waals surface area (Å²) >= 11 is 0. The zero-order chi connectivity index (χ0) is 5.70. The third kappa shape index (κ3) is 3.26. The first-order chi connectivity index (χ1) is 3.31. The van der Waals surface area contributed by atoms with E-state index >= 15 is 0 Å². The molecule has 7 heavy (non-hydrogen) atoms. The average Bonchev–Trinajstić information content (AvgIpc) is 1.68. The maximum Gasteiger partial charge on any atom is 0.307 e. The quantitative estimate of drug-likeness (QED) is 0.385. The topological polar surface area (TPSA) is 46.5 Å². The second kappa shape index (κ2) is 3.61. The van der Waals surface area contributed by atoms with E-state index in [9.17, 15) is 4.79 Å². The Bertz CT molecular complexity index is 60.0. The van der Waals surface area contributed by atoms with Gasteiger partial charge in [0, 0.05) is 6.42 Å². The van der Waals surface area contributed by atoms with Crippen LogP contribution in [0.3, 0.4) is 0 Å². The molecule has 1 radical (unpaired) electrons. The van der Waals surface area contributed by atoms with Crippen LogP contribution in [0.2, 0.25) is 0 Å². The van der Waals surface area contributed by atoms with Crippen molar-refractivity contribution in [3.8, 4) is 0 Å². The van der Waals surface area contributed by atoms with Gasteiger partial charge < -0.3 is 9.84 Å². The van der Waals surface area contributed by atoms with Crippen molar-refractivity contribution in [1.29, 1.82) is 0 Å². The van der Waals surface area contributed by atoms with Crippen LogP contribution in [0.25, 0.3) is 0 Å². The highest BCUT2D eigenvalue weighted by atomic mass is 16.6. The van der Waals surface area contributed by atoms with E-state index < -0.39 is 12.8 Å². The van der Waals surface area contributed by atoms with Crippen molar-refractivity contribution in [2.45, 2.75) is 6.42 Å². The summed E-state index contributed by atoms with van der Waals surface area (Å²) in [5.74, 6) is -0.484. The first kappa shape index (κ1) is 6.43. The van der Waals surface area contributed by atoms with Crippen LogP contribution in [0.4, 0.5) is 0 Å². The van der Waals surface area contributed by atoms with Gasteiger partial charge in [-0.2, -0.15) is 0 Å². The minimum atomic E-state index is -0.547. The Kier molecular flexibility index (Phi) is 3.32. The minimum Gasteiger partial charge on any atom is -0.439 e. The molecule has 0 aliphatic heterocycles. The molecule has 0 heterocycles. The lowest BCUT2D eigenvalue weighted by Crippen LogP contribution is -2.02. The van der Waals surface area contributed by atoms with Crippen molar-refractivity contribution in [3.63, 3.8) is 0 Å². The molecule has 0 rings (SSSR count). The van der Waals surface area contributed by atoms with E-state index in [0.29, 0.717) is 0 Å². The van der Waals surface area contributed by atoms with Gasteiger partial charge in [-0.1, -0.05) is 0 Å². The molecule has 0 atom stereocenters. The number of aliphatic hydroxyl groups excluding tert-OH is 1. The van der Waals surface area contributed by atoms with Crippen molar-refractivity contribution in [1.82, 2.24) is 0 Å². The number of aliphatic hydroxyl groups is 1. The van der Waals surface area contributed by atoms with E-state index in [-0.39, 0.29) is 6.42 Å². The van der Waals surface area contributed by atoms with Crippen molar-refractivity contribution in [3.05, 3.63) is 6.92 Å². The molecule has 0 aromatic carbocycles. The minimum absolute atomic E-state index is 0.0700. The Morgan fingerprint density at radius 2 is 2.43 bits per heavy atom. The van der Waals surface area contributed by atoms with Gasteiger partial charge in [-0.3, -0.25) is 4.79 Å². The molecule has 0 aliphatic rings. The van der Waals surface area contributed by atoms with Crippen LogP contribution in [-0.2, 0) is 9.53 Å². The van der Waals surface area contributed by atoms with E-state index in [1.807, 2.05) is 0 Å². The Morgan fingerprint density at radius 3 is 2.57 bits per heavy atom. The van der Waals surface area contributed by atoms with Crippen molar-refractivity contribution >= 4 is 5.97 Å². The van der Waals surface area contributed by atoms with Crippen LogP contribution < -0.4 is 0 Å². The lowest BCUT2D eigenvalue weighted by Gasteiger charge is -1.92. The van der Waals surface area contributed by atoms with E-state index in [1.54, 1.807) is 0 Å². The molecule has 0 aliphatic carbocycles. The first-order valence-electron chi connectivity index (χ1n) is 1.87. The van der Waals surface area contributed by atoms with Crippen LogP contribution in [0, 0.1) is 6.92 Å². The number of hydrogen-bond donors (Lipinski definition) is 1. The lowest BCUT2D eigenvalue weighted by atomic mass is 10.5. The van der Waals surface area contributed by atoms with E-state index in [0.717, 1.165) is 0 Å². The Morgan fingerprint density at radius 1 is 1.86 bits per heavy atom. The van der Waals surface area contributed by atoms with Gasteiger partial charge in [0.2, 0.25) is 0 Å². The number of rotatable bonds is 2. The molecule has 0 amide bonds. The summed E-state index contributed by atoms with van der Waals surface area (Å²) in [7, 11) is 0. The van der Waals surface area contributed by atoms with Crippen molar-refractivity contribution in [2.75, 3.05) is 6.79 Å². The summed E-state index contributed by atoms with van der Waals surface area (Å²) in [4.78, 5) is 9.97. The molecule has 1 N–H and O–H groups in total. The van der Waals surface area contributed by atoms with Crippen molar-refractivity contribution in [2.24, 2.45) is 0 Å². The number of hydrogen-bond acceptors (Lipinski definition) is 3. The molecule has 0 saturated heterocycles. The van der Waals surface area contributed by atoms with Gasteiger partial charge in [0.25, 0.3) is 0 Å². The SMILES string of the molecule is [CH2]CC(=O)OCO. The monoisotopic (exact) mass is 103 g/mol. The summed E-state index contributed by atoms with van der Waals surface area (Å²) < 4.78 is 4.05. The Balaban J connectivity index is 3.00. The summed E-state index contributed by atoms with van der Waals surface area (Å²) in [6.45, 7) is 2.67. The molecule has 0 aromatic heterocycles. The third-order valence-corrected chi connectivity index (χ3v) is 0.430. The van der Waals surface area contributed by atoms with E-state index in [2.05, 4.69) is 11.7 Å². The molecular weight excluding hydrogens is 96.0 g/mol. The molecule has 3 heteroatoms. The number of esters is 1. The molecule has 0 bridgehead atoms. The predicted molar refractivity (Wildman–Crippen MR) is 23.2 cm³/mol. The second-order valence-corrected chi connectivity index (χ2v) is 0.895. The molecule has 0 aromatic rings. The fraction of sp³-hybridized carbons (Fsp3) is 0.500. The second-order valence-electron chi connectivity index (χ2n) is 0.895. The van der Waals surface area contributed by atoms with Crippen molar-refractivity contribution < 1.29 is 14.6 Å². The van der Waals surface area contributed by atoms with Gasteiger partial charge >= 0.3 is 5.97 Å². The summed E-state index contributed by atoms with van der Waals surface area (Å²) in [5, 5.41) is 7.90. The fourth-order valence-corrected chi connectivity index (χ4v) is 0.144. The summed E-state index contributed by atoms with van der Waals surface area (Å²) in [5.41, 5.74) is 0. The Labute approximate surface area is 41.9 Å². The zero-order valence-electron chi connectivity index (χ0n) is 3.89. The highest BCUT2D eigenvalue weighted by Crippen LogP contribution is 1.78. The van der Waals surface area contributed by atoms with Gasteiger partial charge in [-0.25, -0.2) is 0 Å².